The molecular formula is C25H21BClF4NO3. The van der Waals surface area contributed by atoms with Crippen LogP contribution in [-0.4, -0.2) is 13.2 Å². The SMILES string of the molecule is CCCC(=O)Oc1ccc([NH+]=c2cc(-c3ccccc3)oc3ccc(Cl)cc23)cc1.F[B-](F)(F)F. The molecule has 0 aliphatic carbocycles. The van der Waals surface area contributed by atoms with Crippen LogP contribution in [0.3, 0.4) is 0 Å². The van der Waals surface area contributed by atoms with Gasteiger partial charge in [-0.2, -0.15) is 0 Å². The van der Waals surface area contributed by atoms with Crippen molar-refractivity contribution in [1.29, 1.82) is 0 Å². The lowest BCUT2D eigenvalue weighted by Gasteiger charge is -2.04. The zero-order chi connectivity index (χ0) is 25.4. The standard InChI is InChI=1S/C25H20ClNO3.BF4/c1-2-6-25(28)29-20-12-10-19(11-13-20)27-22-16-24(17-7-4-3-5-8-17)30-23-14-9-18(26)15-21(22)23;2-1(3,4)5/h3-5,7-16H,2,6H2,1H3;/q;-1/p+1. The summed E-state index contributed by atoms with van der Waals surface area (Å²) in [4.78, 5) is 15.1. The number of halogens is 5. The van der Waals surface area contributed by atoms with Crippen LogP contribution in [0, 0.1) is 0 Å². The zero-order valence-electron chi connectivity index (χ0n) is 18.6. The minimum Gasteiger partial charge on any atom is -0.456 e. The number of ether oxygens (including phenoxy) is 1. The van der Waals surface area contributed by atoms with Crippen LogP contribution in [0.4, 0.5) is 23.0 Å². The molecule has 0 saturated heterocycles. The first-order valence-corrected chi connectivity index (χ1v) is 11.1. The minimum atomic E-state index is -6.00. The molecule has 0 aliphatic rings. The van der Waals surface area contributed by atoms with E-state index in [4.69, 9.17) is 20.8 Å². The van der Waals surface area contributed by atoms with Crippen molar-refractivity contribution in [3.63, 3.8) is 0 Å². The lowest BCUT2D eigenvalue weighted by atomic mass is 10.1. The molecule has 1 N–H and O–H groups in total. The Morgan fingerprint density at radius 1 is 0.971 bits per heavy atom. The van der Waals surface area contributed by atoms with Gasteiger partial charge in [0, 0.05) is 29.1 Å². The number of nitrogens with one attached hydrogen (secondary N) is 1. The van der Waals surface area contributed by atoms with E-state index in [1.165, 1.54) is 0 Å². The molecule has 10 heteroatoms. The van der Waals surface area contributed by atoms with Gasteiger partial charge >= 0.3 is 13.2 Å². The zero-order valence-corrected chi connectivity index (χ0v) is 19.4. The van der Waals surface area contributed by atoms with Crippen molar-refractivity contribution in [2.45, 2.75) is 19.8 Å². The van der Waals surface area contributed by atoms with E-state index in [2.05, 4.69) is 4.99 Å². The van der Waals surface area contributed by atoms with Crippen molar-refractivity contribution in [1.82, 2.24) is 0 Å². The molecule has 0 atom stereocenters. The summed E-state index contributed by atoms with van der Waals surface area (Å²) in [5.41, 5.74) is 2.57. The maximum Gasteiger partial charge on any atom is 0.673 e. The van der Waals surface area contributed by atoms with Gasteiger partial charge in [-0.1, -0.05) is 48.9 Å². The van der Waals surface area contributed by atoms with E-state index in [0.717, 1.165) is 39.8 Å². The van der Waals surface area contributed by atoms with Gasteiger partial charge in [-0.05, 0) is 36.8 Å². The van der Waals surface area contributed by atoms with E-state index in [-0.39, 0.29) is 5.97 Å². The molecule has 4 nitrogen and oxygen atoms in total. The normalized spacial score (nSPS) is 11.7. The van der Waals surface area contributed by atoms with E-state index in [0.29, 0.717) is 17.2 Å². The molecule has 0 radical (unpaired) electrons. The molecule has 1 heterocycles. The first-order chi connectivity index (χ1) is 16.6. The summed E-state index contributed by atoms with van der Waals surface area (Å²) in [7, 11) is -6.00. The Labute approximate surface area is 203 Å². The highest BCUT2D eigenvalue weighted by molar-refractivity contribution is 6.50. The number of esters is 1. The summed E-state index contributed by atoms with van der Waals surface area (Å²) in [5.74, 6) is 1.05. The molecule has 0 fully saturated rings. The van der Waals surface area contributed by atoms with E-state index in [1.54, 1.807) is 12.1 Å². The molecule has 0 aliphatic heterocycles. The highest BCUT2D eigenvalue weighted by atomic mass is 35.5. The number of hydrogen-bond donors (Lipinski definition) is 1. The maximum atomic E-state index is 11.7. The Kier molecular flexibility index (Phi) is 8.70. The second-order valence-electron chi connectivity index (χ2n) is 7.40. The van der Waals surface area contributed by atoms with Gasteiger partial charge in [0.05, 0.1) is 11.5 Å². The number of rotatable bonds is 5. The second-order valence-corrected chi connectivity index (χ2v) is 7.84. The van der Waals surface area contributed by atoms with Crippen LogP contribution >= 0.6 is 11.6 Å². The Morgan fingerprint density at radius 2 is 1.63 bits per heavy atom. The van der Waals surface area contributed by atoms with Gasteiger partial charge in [0.2, 0.25) is 11.0 Å². The first-order valence-electron chi connectivity index (χ1n) is 10.7. The quantitative estimate of drug-likeness (QED) is 0.155. The Bertz CT molecular complexity index is 1350. The lowest BCUT2D eigenvalue weighted by molar-refractivity contribution is -0.400. The fourth-order valence-corrected chi connectivity index (χ4v) is 3.33. The van der Waals surface area contributed by atoms with E-state index in [9.17, 15) is 22.1 Å². The summed E-state index contributed by atoms with van der Waals surface area (Å²) in [6.07, 6.45) is 1.17. The summed E-state index contributed by atoms with van der Waals surface area (Å²) in [6, 6.07) is 24.7. The van der Waals surface area contributed by atoms with Crippen LogP contribution < -0.4 is 15.1 Å². The predicted octanol–water partition coefficient (Wildman–Crippen LogP) is 6.07. The van der Waals surface area contributed by atoms with Gasteiger partial charge in [-0.25, -0.2) is 4.99 Å². The molecule has 4 aromatic rings. The van der Waals surface area contributed by atoms with Crippen molar-refractivity contribution in [2.24, 2.45) is 0 Å². The number of hydrogen-bond acceptors (Lipinski definition) is 3. The molecule has 0 unspecified atom stereocenters. The fraction of sp³-hybridized carbons (Fsp3) is 0.120. The maximum absolute atomic E-state index is 11.7. The van der Waals surface area contributed by atoms with Crippen molar-refractivity contribution in [2.75, 3.05) is 0 Å². The average molecular weight is 506 g/mol. The molecule has 0 saturated carbocycles. The molecule has 0 spiro atoms. The van der Waals surface area contributed by atoms with Gasteiger partial charge in [0.25, 0.3) is 0 Å². The van der Waals surface area contributed by atoms with E-state index >= 15 is 0 Å². The molecule has 0 bridgehead atoms. The highest BCUT2D eigenvalue weighted by Crippen LogP contribution is 2.23. The molecule has 4 rings (SSSR count). The monoisotopic (exact) mass is 505 g/mol. The van der Waals surface area contributed by atoms with Crippen molar-refractivity contribution in [3.8, 4) is 17.1 Å². The summed E-state index contributed by atoms with van der Waals surface area (Å²) < 4.78 is 50.4. The van der Waals surface area contributed by atoms with Crippen LogP contribution in [0.2, 0.25) is 5.02 Å². The van der Waals surface area contributed by atoms with E-state index < -0.39 is 7.25 Å². The average Bonchev–Trinajstić information content (AvgIpc) is 2.80. The van der Waals surface area contributed by atoms with Gasteiger partial charge in [0.1, 0.15) is 17.1 Å². The molecule has 3 aromatic carbocycles. The number of carbonyl (C=O) groups excluding carboxylic acids is 1. The lowest BCUT2D eigenvalue weighted by Crippen LogP contribution is -2.70. The summed E-state index contributed by atoms with van der Waals surface area (Å²) in [5, 5.41) is 2.38. The highest BCUT2D eigenvalue weighted by Gasteiger charge is 2.20. The van der Waals surface area contributed by atoms with Crippen LogP contribution in [0.15, 0.2) is 83.3 Å². The molecule has 35 heavy (non-hydrogen) atoms. The molecule has 0 amide bonds. The van der Waals surface area contributed by atoms with Crippen LogP contribution in [0.1, 0.15) is 19.8 Å². The third-order valence-corrected chi connectivity index (χ3v) is 4.84. The Hall–Kier alpha value is -3.59. The summed E-state index contributed by atoms with van der Waals surface area (Å²) >= 11 is 6.23. The largest absolute Gasteiger partial charge is 0.673 e. The van der Waals surface area contributed by atoms with Crippen molar-refractivity contribution >= 4 is 41.5 Å². The predicted molar refractivity (Wildman–Crippen MR) is 128 cm³/mol. The molecule has 1 aromatic heterocycles. The second kappa shape index (κ2) is 11.7. The third-order valence-electron chi connectivity index (χ3n) is 4.60. The third kappa shape index (κ3) is 8.29. The molecular weight excluding hydrogens is 485 g/mol. The van der Waals surface area contributed by atoms with Gasteiger partial charge in [0.15, 0.2) is 0 Å². The van der Waals surface area contributed by atoms with Crippen molar-refractivity contribution in [3.05, 3.63) is 89.2 Å². The summed E-state index contributed by atoms with van der Waals surface area (Å²) in [6.45, 7) is 1.95. The number of fused-ring (bicyclic) bond motifs is 1. The topological polar surface area (TPSA) is 53.4 Å². The van der Waals surface area contributed by atoms with E-state index in [1.807, 2.05) is 73.7 Å². The van der Waals surface area contributed by atoms with Crippen molar-refractivity contribution < 1.29 is 36.2 Å². The van der Waals surface area contributed by atoms with Gasteiger partial charge in [-0.3, -0.25) is 4.79 Å². The Balaban J connectivity index is 0.000000623. The fourth-order valence-electron chi connectivity index (χ4n) is 3.15. The Morgan fingerprint density at radius 3 is 2.26 bits per heavy atom. The number of benzene rings is 3. The molecule has 182 valence electrons. The van der Waals surface area contributed by atoms with Crippen LogP contribution in [0.25, 0.3) is 22.3 Å². The van der Waals surface area contributed by atoms with Crippen LogP contribution in [0.5, 0.6) is 5.75 Å². The number of carbonyl (C=O) groups is 1. The minimum absolute atomic E-state index is 0.226. The first kappa shape index (κ1) is 26.0. The smallest absolute Gasteiger partial charge is 0.456 e. The van der Waals surface area contributed by atoms with Gasteiger partial charge in [-0.15, -0.1) is 0 Å². The van der Waals surface area contributed by atoms with Gasteiger partial charge < -0.3 is 26.4 Å². The van der Waals surface area contributed by atoms with Crippen LogP contribution in [-0.2, 0) is 4.79 Å².